The van der Waals surface area contributed by atoms with Crippen LogP contribution in [-0.4, -0.2) is 42.9 Å². The molecular formula is C15H29ClN2O4. The van der Waals surface area contributed by atoms with Crippen molar-refractivity contribution in [3.8, 4) is 0 Å². The van der Waals surface area contributed by atoms with Crippen LogP contribution in [-0.2, 0) is 9.47 Å². The molecule has 6 nitrogen and oxygen atoms in total. The van der Waals surface area contributed by atoms with E-state index in [0.717, 1.165) is 0 Å². The fraction of sp³-hybridized carbons (Fsp3) is 0.867. The van der Waals surface area contributed by atoms with Gasteiger partial charge in [-0.2, -0.15) is 0 Å². The molecular weight excluding hydrogens is 308 g/mol. The molecule has 0 aliphatic rings. The third kappa shape index (κ3) is 10.5. The largest absolute Gasteiger partial charge is 0.450 e. The minimum atomic E-state index is -0.569. The van der Waals surface area contributed by atoms with E-state index in [1.54, 1.807) is 20.8 Å². The number of halogens is 1. The number of rotatable bonds is 6. The summed E-state index contributed by atoms with van der Waals surface area (Å²) in [5.74, 6) is 0.443. The number of carbonyl (C=O) groups excluding carboxylic acids is 2. The Kier molecular flexibility index (Phi) is 8.60. The third-order valence-corrected chi connectivity index (χ3v) is 2.97. The topological polar surface area (TPSA) is 76.7 Å². The van der Waals surface area contributed by atoms with Gasteiger partial charge in [0.15, 0.2) is 0 Å². The maximum Gasteiger partial charge on any atom is 0.407 e. The van der Waals surface area contributed by atoms with Crippen LogP contribution < -0.4 is 10.6 Å². The molecule has 22 heavy (non-hydrogen) atoms. The molecule has 1 unspecified atom stereocenters. The second-order valence-corrected chi connectivity index (χ2v) is 7.50. The molecule has 0 saturated carbocycles. The van der Waals surface area contributed by atoms with Gasteiger partial charge in [-0.15, -0.1) is 11.6 Å². The summed E-state index contributed by atoms with van der Waals surface area (Å²) in [5.41, 5.74) is -0.819. The zero-order valence-electron chi connectivity index (χ0n) is 14.4. The third-order valence-electron chi connectivity index (χ3n) is 2.70. The van der Waals surface area contributed by atoms with E-state index in [0.29, 0.717) is 12.3 Å². The standard InChI is InChI=1S/C15H29ClN2O4/c1-14(2,3)11(18-13(20)22-15(4,5)6)10-17-12(19)21-9-7-8-16/h11H,7-10H2,1-6H3,(H,17,19)(H,18,20). The van der Waals surface area contributed by atoms with Crippen LogP contribution >= 0.6 is 11.6 Å². The van der Waals surface area contributed by atoms with Crippen molar-refractivity contribution in [3.05, 3.63) is 0 Å². The molecule has 0 spiro atoms. The molecule has 0 aliphatic heterocycles. The first-order valence-electron chi connectivity index (χ1n) is 7.42. The average Bonchev–Trinajstić information content (AvgIpc) is 2.31. The van der Waals surface area contributed by atoms with E-state index in [4.69, 9.17) is 21.1 Å². The number of ether oxygens (including phenoxy) is 2. The van der Waals surface area contributed by atoms with Crippen LogP contribution in [0.5, 0.6) is 0 Å². The van der Waals surface area contributed by atoms with Crippen molar-refractivity contribution in [2.24, 2.45) is 5.41 Å². The van der Waals surface area contributed by atoms with E-state index in [2.05, 4.69) is 10.6 Å². The Hall–Kier alpha value is -1.17. The van der Waals surface area contributed by atoms with Gasteiger partial charge in [-0.3, -0.25) is 0 Å². The number of carbonyl (C=O) groups is 2. The van der Waals surface area contributed by atoms with Crippen LogP contribution in [0.25, 0.3) is 0 Å². The highest BCUT2D eigenvalue weighted by Crippen LogP contribution is 2.19. The van der Waals surface area contributed by atoms with Gasteiger partial charge in [0.05, 0.1) is 12.6 Å². The van der Waals surface area contributed by atoms with Crippen molar-refractivity contribution in [1.29, 1.82) is 0 Å². The second kappa shape index (κ2) is 9.08. The first-order valence-corrected chi connectivity index (χ1v) is 7.95. The Morgan fingerprint density at radius 2 is 1.68 bits per heavy atom. The van der Waals surface area contributed by atoms with E-state index in [1.807, 2.05) is 20.8 Å². The average molecular weight is 337 g/mol. The van der Waals surface area contributed by atoms with Gasteiger partial charge < -0.3 is 20.1 Å². The van der Waals surface area contributed by atoms with Gasteiger partial charge in [-0.05, 0) is 32.6 Å². The van der Waals surface area contributed by atoms with E-state index in [1.165, 1.54) is 0 Å². The minimum Gasteiger partial charge on any atom is -0.450 e. The van der Waals surface area contributed by atoms with Gasteiger partial charge in [0.25, 0.3) is 0 Å². The Morgan fingerprint density at radius 1 is 1.09 bits per heavy atom. The zero-order chi connectivity index (χ0) is 17.4. The molecule has 0 aromatic carbocycles. The fourth-order valence-corrected chi connectivity index (χ4v) is 1.59. The van der Waals surface area contributed by atoms with Gasteiger partial charge in [0, 0.05) is 12.4 Å². The number of amides is 2. The second-order valence-electron chi connectivity index (χ2n) is 7.12. The molecule has 130 valence electrons. The summed E-state index contributed by atoms with van der Waals surface area (Å²) in [6.45, 7) is 11.8. The molecule has 0 rings (SSSR count). The summed E-state index contributed by atoms with van der Waals surface area (Å²) in [5, 5.41) is 5.43. The molecule has 0 aromatic rings. The molecule has 1 atom stereocenters. The number of alkyl halides is 1. The maximum absolute atomic E-state index is 11.9. The van der Waals surface area contributed by atoms with Crippen molar-refractivity contribution in [2.45, 2.75) is 59.6 Å². The Balaban J connectivity index is 4.43. The monoisotopic (exact) mass is 336 g/mol. The SMILES string of the molecule is CC(C)(C)OC(=O)NC(CNC(=O)OCCCCl)C(C)(C)C. The van der Waals surface area contributed by atoms with Crippen molar-refractivity contribution in [1.82, 2.24) is 10.6 Å². The van der Waals surface area contributed by atoms with Crippen LogP contribution in [0.15, 0.2) is 0 Å². The number of hydrogen-bond acceptors (Lipinski definition) is 4. The highest BCUT2D eigenvalue weighted by molar-refractivity contribution is 6.17. The molecule has 0 aliphatic carbocycles. The fourth-order valence-electron chi connectivity index (χ4n) is 1.48. The normalized spacial score (nSPS) is 13.2. The summed E-state index contributed by atoms with van der Waals surface area (Å²) in [6, 6.07) is -0.289. The van der Waals surface area contributed by atoms with Gasteiger partial charge in [0.1, 0.15) is 5.60 Å². The van der Waals surface area contributed by atoms with Crippen LogP contribution in [0.1, 0.15) is 48.0 Å². The Morgan fingerprint density at radius 3 is 2.14 bits per heavy atom. The number of alkyl carbamates (subject to hydrolysis) is 2. The Labute approximate surface area is 138 Å². The summed E-state index contributed by atoms with van der Waals surface area (Å²) in [7, 11) is 0. The molecule has 0 bridgehead atoms. The van der Waals surface area contributed by atoms with Gasteiger partial charge in [-0.1, -0.05) is 20.8 Å². The molecule has 2 N–H and O–H groups in total. The molecule has 0 radical (unpaired) electrons. The molecule has 0 fully saturated rings. The van der Waals surface area contributed by atoms with Crippen molar-refractivity contribution < 1.29 is 19.1 Å². The van der Waals surface area contributed by atoms with Crippen LogP contribution in [0.2, 0.25) is 0 Å². The molecule has 0 aromatic heterocycles. The van der Waals surface area contributed by atoms with Gasteiger partial charge in [0.2, 0.25) is 0 Å². The van der Waals surface area contributed by atoms with Crippen molar-refractivity contribution in [2.75, 3.05) is 19.0 Å². The van der Waals surface area contributed by atoms with E-state index in [9.17, 15) is 9.59 Å². The highest BCUT2D eigenvalue weighted by Gasteiger charge is 2.28. The smallest absolute Gasteiger partial charge is 0.407 e. The van der Waals surface area contributed by atoms with Crippen LogP contribution in [0.4, 0.5) is 9.59 Å². The van der Waals surface area contributed by atoms with Crippen LogP contribution in [0.3, 0.4) is 0 Å². The summed E-state index contributed by atoms with van der Waals surface area (Å²) < 4.78 is 10.2. The molecule has 0 saturated heterocycles. The summed E-state index contributed by atoms with van der Waals surface area (Å²) in [6.07, 6.45) is -0.427. The van der Waals surface area contributed by atoms with E-state index in [-0.39, 0.29) is 24.6 Å². The lowest BCUT2D eigenvalue weighted by molar-refractivity contribution is 0.0461. The Bertz CT molecular complexity index is 362. The number of nitrogens with one attached hydrogen (secondary N) is 2. The maximum atomic E-state index is 11.9. The van der Waals surface area contributed by atoms with E-state index < -0.39 is 17.8 Å². The predicted octanol–water partition coefficient (Wildman–Crippen LogP) is 3.28. The zero-order valence-corrected chi connectivity index (χ0v) is 15.2. The van der Waals surface area contributed by atoms with E-state index >= 15 is 0 Å². The van der Waals surface area contributed by atoms with Crippen LogP contribution in [0, 0.1) is 5.41 Å². The lowest BCUT2D eigenvalue weighted by Crippen LogP contribution is -2.51. The number of hydrogen-bond donors (Lipinski definition) is 2. The molecule has 2 amide bonds. The lowest BCUT2D eigenvalue weighted by Gasteiger charge is -2.32. The predicted molar refractivity (Wildman–Crippen MR) is 87.3 cm³/mol. The van der Waals surface area contributed by atoms with Crippen molar-refractivity contribution >= 4 is 23.8 Å². The highest BCUT2D eigenvalue weighted by atomic mass is 35.5. The summed E-state index contributed by atoms with van der Waals surface area (Å²) in [4.78, 5) is 23.4. The van der Waals surface area contributed by atoms with Gasteiger partial charge >= 0.3 is 12.2 Å². The minimum absolute atomic E-state index is 0.250. The summed E-state index contributed by atoms with van der Waals surface area (Å²) >= 11 is 5.51. The first-order chi connectivity index (χ1) is 9.95. The first kappa shape index (κ1) is 20.8. The lowest BCUT2D eigenvalue weighted by atomic mass is 9.87. The quantitative estimate of drug-likeness (QED) is 0.576. The molecule has 7 heteroatoms. The molecule has 0 heterocycles. The van der Waals surface area contributed by atoms with Gasteiger partial charge in [-0.25, -0.2) is 9.59 Å². The van der Waals surface area contributed by atoms with Crippen molar-refractivity contribution in [3.63, 3.8) is 0 Å².